The molecule has 0 unspecified atom stereocenters. The number of nitrogens with zero attached hydrogens (tertiary/aromatic N) is 4. The van der Waals surface area contributed by atoms with E-state index in [1.165, 1.54) is 4.90 Å². The molecular formula is C13H12N4O2. The molecule has 0 bridgehead atoms. The van der Waals surface area contributed by atoms with Crippen molar-refractivity contribution >= 4 is 17.4 Å². The van der Waals surface area contributed by atoms with Gasteiger partial charge in [0, 0.05) is 13.2 Å². The molecule has 0 aliphatic carbocycles. The SMILES string of the molecule is Cc1ccc2c(c1)C(=O)C(=O)N2Cc1cn(C)nn1. The molecule has 0 fully saturated rings. The van der Waals surface area contributed by atoms with Crippen molar-refractivity contribution in [1.29, 1.82) is 0 Å². The molecule has 96 valence electrons. The Morgan fingerprint density at radius 3 is 2.74 bits per heavy atom. The normalized spacial score (nSPS) is 14.1. The van der Waals surface area contributed by atoms with Crippen molar-refractivity contribution in [2.24, 2.45) is 7.05 Å². The quantitative estimate of drug-likeness (QED) is 0.747. The van der Waals surface area contributed by atoms with Gasteiger partial charge in [-0.05, 0) is 19.1 Å². The Morgan fingerprint density at radius 2 is 2.05 bits per heavy atom. The van der Waals surface area contributed by atoms with Crippen LogP contribution in [0.1, 0.15) is 21.6 Å². The number of aromatic nitrogens is 3. The fourth-order valence-electron chi connectivity index (χ4n) is 2.20. The average molecular weight is 256 g/mol. The summed E-state index contributed by atoms with van der Waals surface area (Å²) in [6.45, 7) is 2.15. The topological polar surface area (TPSA) is 68.1 Å². The number of carbonyl (C=O) groups is 2. The molecule has 6 nitrogen and oxygen atoms in total. The molecule has 1 aromatic carbocycles. The molecule has 0 saturated heterocycles. The number of fused-ring (bicyclic) bond motifs is 1. The van der Waals surface area contributed by atoms with Gasteiger partial charge in [-0.3, -0.25) is 19.2 Å². The number of rotatable bonds is 2. The minimum absolute atomic E-state index is 0.258. The second-order valence-corrected chi connectivity index (χ2v) is 4.62. The molecule has 1 aliphatic heterocycles. The summed E-state index contributed by atoms with van der Waals surface area (Å²) in [5.41, 5.74) is 2.72. The Kier molecular flexibility index (Phi) is 2.45. The molecule has 6 heteroatoms. The van der Waals surface area contributed by atoms with Gasteiger partial charge >= 0.3 is 0 Å². The van der Waals surface area contributed by atoms with E-state index in [9.17, 15) is 9.59 Å². The minimum atomic E-state index is -0.508. The molecule has 1 aliphatic rings. The van der Waals surface area contributed by atoms with Gasteiger partial charge in [-0.15, -0.1) is 5.10 Å². The number of anilines is 1. The zero-order chi connectivity index (χ0) is 13.6. The van der Waals surface area contributed by atoms with Crippen molar-refractivity contribution in [3.05, 3.63) is 41.2 Å². The lowest BCUT2D eigenvalue weighted by atomic mass is 10.1. The van der Waals surface area contributed by atoms with Crippen molar-refractivity contribution in [3.8, 4) is 0 Å². The lowest BCUT2D eigenvalue weighted by Gasteiger charge is -2.14. The summed E-state index contributed by atoms with van der Waals surface area (Å²) >= 11 is 0. The Morgan fingerprint density at radius 1 is 1.26 bits per heavy atom. The van der Waals surface area contributed by atoms with Crippen LogP contribution in [0.15, 0.2) is 24.4 Å². The highest BCUT2D eigenvalue weighted by molar-refractivity contribution is 6.52. The van der Waals surface area contributed by atoms with Crippen LogP contribution in [0.25, 0.3) is 0 Å². The number of carbonyl (C=O) groups excluding carboxylic acids is 2. The summed E-state index contributed by atoms with van der Waals surface area (Å²) in [4.78, 5) is 25.4. The fraction of sp³-hybridized carbons (Fsp3) is 0.231. The smallest absolute Gasteiger partial charge is 0.299 e. The van der Waals surface area contributed by atoms with Crippen LogP contribution in [-0.2, 0) is 18.4 Å². The lowest BCUT2D eigenvalue weighted by molar-refractivity contribution is -0.114. The van der Waals surface area contributed by atoms with E-state index in [0.717, 1.165) is 5.56 Å². The van der Waals surface area contributed by atoms with Gasteiger partial charge in [0.15, 0.2) is 0 Å². The number of aryl methyl sites for hydroxylation is 2. The predicted octanol–water partition coefficient (Wildman–Crippen LogP) is 0.853. The third-order valence-electron chi connectivity index (χ3n) is 3.10. The first-order valence-corrected chi connectivity index (χ1v) is 5.88. The standard InChI is InChI=1S/C13H12N4O2/c1-8-3-4-11-10(5-8)12(18)13(19)17(11)7-9-6-16(2)15-14-9/h3-6H,7H2,1-2H3. The number of hydrogen-bond donors (Lipinski definition) is 0. The summed E-state index contributed by atoms with van der Waals surface area (Å²) < 4.78 is 1.56. The van der Waals surface area contributed by atoms with E-state index in [0.29, 0.717) is 16.9 Å². The van der Waals surface area contributed by atoms with Crippen molar-refractivity contribution in [1.82, 2.24) is 15.0 Å². The third kappa shape index (κ3) is 1.81. The minimum Gasteiger partial charge on any atom is -0.299 e. The first-order chi connectivity index (χ1) is 9.06. The zero-order valence-corrected chi connectivity index (χ0v) is 10.6. The Bertz CT molecular complexity index is 690. The van der Waals surface area contributed by atoms with Crippen molar-refractivity contribution in [2.75, 3.05) is 4.90 Å². The first kappa shape index (κ1) is 11.6. The molecule has 0 spiro atoms. The number of benzene rings is 1. The van der Waals surface area contributed by atoms with Crippen molar-refractivity contribution < 1.29 is 9.59 Å². The summed E-state index contributed by atoms with van der Waals surface area (Å²) in [5, 5.41) is 7.75. The maximum absolute atomic E-state index is 12.0. The average Bonchev–Trinajstić information content (AvgIpc) is 2.88. The summed E-state index contributed by atoms with van der Waals surface area (Å²) in [6.07, 6.45) is 1.73. The van der Waals surface area contributed by atoms with Gasteiger partial charge in [-0.25, -0.2) is 0 Å². The predicted molar refractivity (Wildman–Crippen MR) is 67.7 cm³/mol. The van der Waals surface area contributed by atoms with Crippen LogP contribution >= 0.6 is 0 Å². The monoisotopic (exact) mass is 256 g/mol. The Labute approximate surface area is 109 Å². The molecule has 19 heavy (non-hydrogen) atoms. The van der Waals surface area contributed by atoms with Crippen LogP contribution in [0.2, 0.25) is 0 Å². The molecule has 2 aromatic rings. The second-order valence-electron chi connectivity index (χ2n) is 4.62. The van der Waals surface area contributed by atoms with E-state index in [2.05, 4.69) is 10.3 Å². The van der Waals surface area contributed by atoms with Gasteiger partial charge in [0.2, 0.25) is 0 Å². The number of ketones is 1. The van der Waals surface area contributed by atoms with E-state index < -0.39 is 11.7 Å². The molecule has 2 heterocycles. The van der Waals surface area contributed by atoms with Gasteiger partial charge in [-0.2, -0.15) is 0 Å². The largest absolute Gasteiger partial charge is 0.299 e. The third-order valence-corrected chi connectivity index (χ3v) is 3.10. The molecule has 0 saturated carbocycles. The molecule has 1 amide bonds. The molecule has 0 radical (unpaired) electrons. The number of hydrogen-bond acceptors (Lipinski definition) is 4. The first-order valence-electron chi connectivity index (χ1n) is 5.88. The van der Waals surface area contributed by atoms with Crippen LogP contribution in [0.5, 0.6) is 0 Å². The van der Waals surface area contributed by atoms with E-state index in [-0.39, 0.29) is 6.54 Å². The van der Waals surface area contributed by atoms with Crippen LogP contribution in [0.3, 0.4) is 0 Å². The van der Waals surface area contributed by atoms with Crippen LogP contribution < -0.4 is 4.90 Å². The fourth-order valence-corrected chi connectivity index (χ4v) is 2.20. The summed E-state index contributed by atoms with van der Waals surface area (Å²) in [6, 6.07) is 5.42. The molecular weight excluding hydrogens is 244 g/mol. The van der Waals surface area contributed by atoms with Crippen LogP contribution in [0, 0.1) is 6.92 Å². The van der Waals surface area contributed by atoms with Crippen LogP contribution in [-0.4, -0.2) is 26.7 Å². The highest BCUT2D eigenvalue weighted by atomic mass is 16.2. The van der Waals surface area contributed by atoms with Gasteiger partial charge in [0.25, 0.3) is 11.7 Å². The van der Waals surface area contributed by atoms with E-state index in [1.54, 1.807) is 30.1 Å². The Hall–Kier alpha value is -2.50. The maximum Gasteiger partial charge on any atom is 0.299 e. The Balaban J connectivity index is 1.99. The molecule has 3 rings (SSSR count). The zero-order valence-electron chi connectivity index (χ0n) is 10.6. The van der Waals surface area contributed by atoms with E-state index in [4.69, 9.17) is 0 Å². The molecule has 0 atom stereocenters. The molecule has 1 aromatic heterocycles. The van der Waals surface area contributed by atoms with Gasteiger partial charge in [0.05, 0.1) is 17.8 Å². The van der Waals surface area contributed by atoms with E-state index >= 15 is 0 Å². The lowest BCUT2D eigenvalue weighted by Crippen LogP contribution is -2.29. The van der Waals surface area contributed by atoms with Crippen LogP contribution in [0.4, 0.5) is 5.69 Å². The van der Waals surface area contributed by atoms with Crippen molar-refractivity contribution in [3.63, 3.8) is 0 Å². The number of amides is 1. The second kappa shape index (κ2) is 4.01. The maximum atomic E-state index is 12.0. The van der Waals surface area contributed by atoms with E-state index in [1.807, 2.05) is 13.0 Å². The molecule has 0 N–H and O–H groups in total. The highest BCUT2D eigenvalue weighted by Crippen LogP contribution is 2.30. The van der Waals surface area contributed by atoms with Gasteiger partial charge in [-0.1, -0.05) is 16.8 Å². The van der Waals surface area contributed by atoms with Crippen molar-refractivity contribution in [2.45, 2.75) is 13.5 Å². The highest BCUT2D eigenvalue weighted by Gasteiger charge is 2.36. The number of Topliss-reactive ketones (excluding diaryl/α,β-unsaturated/α-hetero) is 1. The van der Waals surface area contributed by atoms with Gasteiger partial charge in [0.1, 0.15) is 5.69 Å². The van der Waals surface area contributed by atoms with Gasteiger partial charge < -0.3 is 0 Å². The summed E-state index contributed by atoms with van der Waals surface area (Å²) in [5.74, 6) is -0.964. The summed E-state index contributed by atoms with van der Waals surface area (Å²) in [7, 11) is 1.75.